The molecule has 2 aromatic rings. The van der Waals surface area contributed by atoms with Crippen LogP contribution in [-0.2, 0) is 9.59 Å². The van der Waals surface area contributed by atoms with E-state index < -0.39 is 24.5 Å². The topological polar surface area (TPSA) is 130 Å². The molecule has 26 heavy (non-hydrogen) atoms. The van der Waals surface area contributed by atoms with Crippen LogP contribution < -0.4 is 9.47 Å². The predicted octanol–water partition coefficient (Wildman–Crippen LogP) is 3.08. The standard InChI is InChI=1S/C16H13ClO8S/c17-12-13(25-7-11(20)21)15(16(22)23)26-14(12)8-2-1-3-9(6-8)24-5-4-10(18)19/h1-3,6H,4-5,7H2,(H,18,19)(H,20,21)(H,22,23). The molecule has 1 aromatic carbocycles. The van der Waals surface area contributed by atoms with Crippen molar-refractivity contribution in [1.82, 2.24) is 0 Å². The SMILES string of the molecule is O=C(O)CCOc1cccc(-c2sc(C(=O)O)c(OCC(=O)O)c2Cl)c1. The maximum atomic E-state index is 11.4. The lowest BCUT2D eigenvalue weighted by Crippen LogP contribution is -2.10. The number of hydrogen-bond acceptors (Lipinski definition) is 6. The fourth-order valence-corrected chi connectivity index (χ4v) is 3.37. The summed E-state index contributed by atoms with van der Waals surface area (Å²) < 4.78 is 10.4. The molecule has 0 aliphatic heterocycles. The minimum Gasteiger partial charge on any atom is -0.493 e. The predicted molar refractivity (Wildman–Crippen MR) is 92.6 cm³/mol. The first-order chi connectivity index (χ1) is 12.3. The van der Waals surface area contributed by atoms with Gasteiger partial charge in [0.15, 0.2) is 17.2 Å². The molecule has 0 aliphatic carbocycles. The van der Waals surface area contributed by atoms with Crippen molar-refractivity contribution >= 4 is 40.8 Å². The van der Waals surface area contributed by atoms with Crippen LogP contribution >= 0.6 is 22.9 Å². The summed E-state index contributed by atoms with van der Waals surface area (Å²) in [6.45, 7) is -0.751. The summed E-state index contributed by atoms with van der Waals surface area (Å²) in [5.74, 6) is -3.37. The zero-order valence-corrected chi connectivity index (χ0v) is 14.7. The highest BCUT2D eigenvalue weighted by Crippen LogP contribution is 2.46. The van der Waals surface area contributed by atoms with E-state index in [1.165, 1.54) is 0 Å². The molecule has 0 unspecified atom stereocenters. The number of halogens is 1. The van der Waals surface area contributed by atoms with Crippen molar-refractivity contribution in [2.75, 3.05) is 13.2 Å². The zero-order valence-electron chi connectivity index (χ0n) is 13.1. The Bertz CT molecular complexity index is 845. The van der Waals surface area contributed by atoms with Gasteiger partial charge in [0.1, 0.15) is 10.8 Å². The first-order valence-corrected chi connectivity index (χ1v) is 8.34. The van der Waals surface area contributed by atoms with Crippen molar-refractivity contribution in [3.8, 4) is 21.9 Å². The smallest absolute Gasteiger partial charge is 0.349 e. The van der Waals surface area contributed by atoms with Crippen molar-refractivity contribution in [3.05, 3.63) is 34.2 Å². The summed E-state index contributed by atoms with van der Waals surface area (Å²) in [5, 5.41) is 26.6. The van der Waals surface area contributed by atoms with Crippen LogP contribution in [0.2, 0.25) is 5.02 Å². The van der Waals surface area contributed by atoms with Crippen LogP contribution in [0.5, 0.6) is 11.5 Å². The van der Waals surface area contributed by atoms with Crippen LogP contribution in [0.25, 0.3) is 10.4 Å². The number of ether oxygens (including phenoxy) is 2. The Kier molecular flexibility index (Phi) is 6.42. The van der Waals surface area contributed by atoms with E-state index in [4.69, 9.17) is 31.3 Å². The van der Waals surface area contributed by atoms with Gasteiger partial charge in [-0.25, -0.2) is 9.59 Å². The molecule has 0 fully saturated rings. The molecular weight excluding hydrogens is 388 g/mol. The van der Waals surface area contributed by atoms with Gasteiger partial charge < -0.3 is 24.8 Å². The van der Waals surface area contributed by atoms with Crippen LogP contribution in [0.1, 0.15) is 16.1 Å². The van der Waals surface area contributed by atoms with Crippen molar-refractivity contribution in [2.45, 2.75) is 6.42 Å². The summed E-state index contributed by atoms with van der Waals surface area (Å²) in [6.07, 6.45) is -0.166. The zero-order chi connectivity index (χ0) is 19.3. The highest BCUT2D eigenvalue weighted by Gasteiger charge is 2.24. The molecule has 3 N–H and O–H groups in total. The molecule has 0 amide bonds. The molecule has 0 bridgehead atoms. The molecule has 2 rings (SSSR count). The highest BCUT2D eigenvalue weighted by molar-refractivity contribution is 7.18. The van der Waals surface area contributed by atoms with Crippen molar-refractivity contribution in [2.24, 2.45) is 0 Å². The molecular formula is C16H13ClO8S. The average molecular weight is 401 g/mol. The molecule has 0 radical (unpaired) electrons. The number of rotatable bonds is 9. The molecule has 0 spiro atoms. The second-order valence-corrected chi connectivity index (χ2v) is 6.31. The van der Waals surface area contributed by atoms with Gasteiger partial charge in [-0.15, -0.1) is 11.3 Å². The Morgan fingerprint density at radius 3 is 2.42 bits per heavy atom. The summed E-state index contributed by atoms with van der Waals surface area (Å²) in [7, 11) is 0. The number of carbonyl (C=O) groups is 3. The van der Waals surface area contributed by atoms with E-state index in [1.807, 2.05) is 0 Å². The van der Waals surface area contributed by atoms with E-state index in [9.17, 15) is 19.5 Å². The second-order valence-electron chi connectivity index (χ2n) is 4.91. The first kappa shape index (κ1) is 19.5. The molecule has 10 heteroatoms. The third-order valence-electron chi connectivity index (χ3n) is 3.02. The van der Waals surface area contributed by atoms with Crippen LogP contribution in [0.15, 0.2) is 24.3 Å². The number of thiophene rings is 1. The third kappa shape index (κ3) is 4.87. The minimum absolute atomic E-state index is 0.0173. The Labute approximate surface area is 156 Å². The molecule has 1 heterocycles. The normalized spacial score (nSPS) is 10.3. The quantitative estimate of drug-likeness (QED) is 0.585. The molecule has 0 aliphatic rings. The Morgan fingerprint density at radius 2 is 1.81 bits per heavy atom. The van der Waals surface area contributed by atoms with Gasteiger partial charge in [-0.2, -0.15) is 0 Å². The molecule has 0 saturated heterocycles. The number of carboxylic acid groups (broad SMARTS) is 3. The van der Waals surface area contributed by atoms with E-state index in [-0.39, 0.29) is 28.7 Å². The monoisotopic (exact) mass is 400 g/mol. The maximum Gasteiger partial charge on any atom is 0.349 e. The second kappa shape index (κ2) is 8.54. The Balaban J connectivity index is 2.33. The number of benzene rings is 1. The maximum absolute atomic E-state index is 11.4. The van der Waals surface area contributed by atoms with E-state index in [0.29, 0.717) is 16.2 Å². The molecule has 1 aromatic heterocycles. The third-order valence-corrected chi connectivity index (χ3v) is 4.70. The Morgan fingerprint density at radius 1 is 1.08 bits per heavy atom. The number of aromatic carboxylic acids is 1. The molecule has 8 nitrogen and oxygen atoms in total. The van der Waals surface area contributed by atoms with Crippen molar-refractivity contribution < 1.29 is 39.2 Å². The summed E-state index contributed by atoms with van der Waals surface area (Å²) >= 11 is 7.04. The number of hydrogen-bond donors (Lipinski definition) is 3. The molecule has 0 saturated carbocycles. The van der Waals surface area contributed by atoms with Crippen LogP contribution in [0.4, 0.5) is 0 Å². The van der Waals surface area contributed by atoms with E-state index >= 15 is 0 Å². The summed E-state index contributed by atoms with van der Waals surface area (Å²) in [6, 6.07) is 6.49. The lowest BCUT2D eigenvalue weighted by Gasteiger charge is -2.07. The van der Waals surface area contributed by atoms with Gasteiger partial charge in [0, 0.05) is 0 Å². The van der Waals surface area contributed by atoms with Gasteiger partial charge in [0.05, 0.1) is 17.9 Å². The fourth-order valence-electron chi connectivity index (χ4n) is 1.97. The van der Waals surface area contributed by atoms with Crippen molar-refractivity contribution in [1.29, 1.82) is 0 Å². The van der Waals surface area contributed by atoms with Gasteiger partial charge in [-0.3, -0.25) is 4.79 Å². The number of aliphatic carboxylic acids is 2. The van der Waals surface area contributed by atoms with E-state index in [0.717, 1.165) is 11.3 Å². The fraction of sp³-hybridized carbons (Fsp3) is 0.188. The highest BCUT2D eigenvalue weighted by atomic mass is 35.5. The van der Waals surface area contributed by atoms with Crippen molar-refractivity contribution in [3.63, 3.8) is 0 Å². The molecule has 0 atom stereocenters. The van der Waals surface area contributed by atoms with Gasteiger partial charge in [-0.05, 0) is 17.7 Å². The van der Waals surface area contributed by atoms with E-state index in [2.05, 4.69) is 0 Å². The van der Waals surface area contributed by atoms with Crippen LogP contribution in [0.3, 0.4) is 0 Å². The van der Waals surface area contributed by atoms with Crippen LogP contribution in [-0.4, -0.2) is 46.4 Å². The molecule has 138 valence electrons. The summed E-state index contributed by atoms with van der Waals surface area (Å²) in [4.78, 5) is 32.7. The lowest BCUT2D eigenvalue weighted by molar-refractivity contribution is -0.139. The van der Waals surface area contributed by atoms with Gasteiger partial charge in [0.2, 0.25) is 0 Å². The van der Waals surface area contributed by atoms with Gasteiger partial charge in [0.25, 0.3) is 0 Å². The largest absolute Gasteiger partial charge is 0.493 e. The summed E-state index contributed by atoms with van der Waals surface area (Å²) in [5.41, 5.74) is 0.528. The van der Waals surface area contributed by atoms with Crippen LogP contribution in [0, 0.1) is 0 Å². The number of carboxylic acids is 3. The van der Waals surface area contributed by atoms with Gasteiger partial charge in [-0.1, -0.05) is 23.7 Å². The Hall–Kier alpha value is -2.78. The van der Waals surface area contributed by atoms with E-state index in [1.54, 1.807) is 24.3 Å². The lowest BCUT2D eigenvalue weighted by atomic mass is 10.2. The first-order valence-electron chi connectivity index (χ1n) is 7.14. The average Bonchev–Trinajstić information content (AvgIpc) is 2.90. The minimum atomic E-state index is -1.29. The van der Waals surface area contributed by atoms with Gasteiger partial charge >= 0.3 is 17.9 Å².